The molecule has 0 aromatic carbocycles. The van der Waals surface area contributed by atoms with Crippen molar-refractivity contribution in [2.24, 2.45) is 16.7 Å². The molecule has 0 unspecified atom stereocenters. The molecule has 35 heavy (non-hydrogen) atoms. The van der Waals surface area contributed by atoms with E-state index < -0.39 is 28.2 Å². The van der Waals surface area contributed by atoms with Gasteiger partial charge in [-0.25, -0.2) is 0 Å². The van der Waals surface area contributed by atoms with Gasteiger partial charge < -0.3 is 9.16 Å². The second kappa shape index (κ2) is 9.23. The van der Waals surface area contributed by atoms with E-state index in [0.717, 1.165) is 12.0 Å². The van der Waals surface area contributed by atoms with Gasteiger partial charge in [-0.05, 0) is 91.8 Å². The minimum atomic E-state index is -1.86. The van der Waals surface area contributed by atoms with Crippen molar-refractivity contribution in [2.75, 3.05) is 0 Å². The Kier molecular flexibility index (Phi) is 7.60. The molecule has 1 saturated carbocycles. The molecule has 1 spiro atoms. The number of ether oxygens (including phenoxy) is 1. The molecule has 0 amide bonds. The summed E-state index contributed by atoms with van der Waals surface area (Å²) >= 11 is 2.23. The number of allylic oxidation sites excluding steroid dienone is 6. The summed E-state index contributed by atoms with van der Waals surface area (Å²) in [5.74, 6) is 0.838. The highest BCUT2D eigenvalue weighted by Gasteiger charge is 2.74. The monoisotopic (exact) mass is 612 g/mol. The number of carbonyl (C=O) groups is 2. The standard InChI is InChI=1S/C29H45IO4Si/c1-18(2)12-14-20-16-28-17-22(27(7,8)34-35(9,10)11)33-24(28)21(15-13-19(3)4)23(31)29(30,25(28)32)26(20,5)6/h12-13,20,22H,14-17H2,1-11H3/t20-,22-,28-,29+/m1/s1. The predicted octanol–water partition coefficient (Wildman–Crippen LogP) is 7.73. The Bertz CT molecular complexity index is 1000. The number of halogens is 1. The lowest BCUT2D eigenvalue weighted by molar-refractivity contribution is -0.148. The topological polar surface area (TPSA) is 52.6 Å². The minimum absolute atomic E-state index is 0.0521. The number of hydrogen-bond acceptors (Lipinski definition) is 4. The molecule has 6 heteroatoms. The highest BCUT2D eigenvalue weighted by atomic mass is 127. The first kappa shape index (κ1) is 28.8. The average molecular weight is 613 g/mol. The van der Waals surface area contributed by atoms with E-state index in [-0.39, 0.29) is 23.6 Å². The van der Waals surface area contributed by atoms with Crippen molar-refractivity contribution in [1.29, 1.82) is 0 Å². The van der Waals surface area contributed by atoms with Crippen LogP contribution in [0.4, 0.5) is 0 Å². The van der Waals surface area contributed by atoms with Crippen LogP contribution in [0.2, 0.25) is 19.6 Å². The Morgan fingerprint density at radius 3 is 2.17 bits per heavy atom. The smallest absolute Gasteiger partial charge is 0.186 e. The number of fused-ring (bicyclic) bond motifs is 1. The van der Waals surface area contributed by atoms with E-state index in [1.807, 2.05) is 13.8 Å². The third-order valence-electron chi connectivity index (χ3n) is 8.21. The summed E-state index contributed by atoms with van der Waals surface area (Å²) in [7, 11) is -1.86. The summed E-state index contributed by atoms with van der Waals surface area (Å²) in [5.41, 5.74) is 1.33. The van der Waals surface area contributed by atoms with Gasteiger partial charge in [0.15, 0.2) is 19.9 Å². The molecule has 196 valence electrons. The number of alkyl halides is 1. The molecule has 0 aromatic rings. The Morgan fingerprint density at radius 2 is 1.66 bits per heavy atom. The molecular formula is C29H45IO4Si. The second-order valence-electron chi connectivity index (χ2n) is 13.5. The van der Waals surface area contributed by atoms with Crippen molar-refractivity contribution in [2.45, 2.75) is 116 Å². The van der Waals surface area contributed by atoms with E-state index in [1.165, 1.54) is 5.57 Å². The number of rotatable bonds is 7. The van der Waals surface area contributed by atoms with Crippen LogP contribution in [0.25, 0.3) is 0 Å². The summed E-state index contributed by atoms with van der Waals surface area (Å²) in [6.07, 6.45) is 6.74. The van der Waals surface area contributed by atoms with Crippen LogP contribution in [0.1, 0.15) is 81.1 Å². The van der Waals surface area contributed by atoms with E-state index in [1.54, 1.807) is 0 Å². The van der Waals surface area contributed by atoms with Gasteiger partial charge in [0.2, 0.25) is 0 Å². The molecule has 4 atom stereocenters. The maximum atomic E-state index is 14.5. The van der Waals surface area contributed by atoms with Crippen LogP contribution in [-0.2, 0) is 18.8 Å². The van der Waals surface area contributed by atoms with E-state index in [0.29, 0.717) is 30.6 Å². The SMILES string of the molecule is CC(C)=CCC1=C2O[C@@H](C(C)(C)O[Si](C)(C)C)C[C@]23C[C@@H](CC=C(C)C)C(C)(C)[C@](I)(C1=O)C3=O. The van der Waals surface area contributed by atoms with Crippen molar-refractivity contribution < 1.29 is 18.8 Å². The van der Waals surface area contributed by atoms with Crippen molar-refractivity contribution in [3.05, 3.63) is 34.6 Å². The minimum Gasteiger partial charge on any atom is -0.490 e. The molecule has 1 saturated heterocycles. The first-order valence-electron chi connectivity index (χ1n) is 13.0. The first-order valence-corrected chi connectivity index (χ1v) is 17.4. The molecule has 3 aliphatic rings. The molecule has 3 rings (SSSR count). The fourth-order valence-electron chi connectivity index (χ4n) is 6.31. The average Bonchev–Trinajstić information content (AvgIpc) is 3.07. The quantitative estimate of drug-likeness (QED) is 0.0971. The summed E-state index contributed by atoms with van der Waals surface area (Å²) in [6, 6.07) is 0. The number of carbonyl (C=O) groups excluding carboxylic acids is 2. The van der Waals surface area contributed by atoms with Crippen LogP contribution in [0.15, 0.2) is 34.6 Å². The maximum Gasteiger partial charge on any atom is 0.186 e. The molecule has 1 aliphatic heterocycles. The molecular weight excluding hydrogens is 567 g/mol. The van der Waals surface area contributed by atoms with Gasteiger partial charge in [-0.1, -0.05) is 59.7 Å². The third kappa shape index (κ3) is 4.81. The predicted molar refractivity (Wildman–Crippen MR) is 154 cm³/mol. The van der Waals surface area contributed by atoms with Gasteiger partial charge in [0.1, 0.15) is 15.3 Å². The van der Waals surface area contributed by atoms with E-state index in [9.17, 15) is 9.59 Å². The molecule has 2 aliphatic carbocycles. The Balaban J connectivity index is 2.23. The molecule has 1 heterocycles. The lowest BCUT2D eigenvalue weighted by atomic mass is 9.47. The van der Waals surface area contributed by atoms with Gasteiger partial charge in [-0.2, -0.15) is 0 Å². The summed E-state index contributed by atoms with van der Waals surface area (Å²) < 4.78 is 12.2. The van der Waals surface area contributed by atoms with Gasteiger partial charge in [0.25, 0.3) is 0 Å². The zero-order chi connectivity index (χ0) is 26.8. The lowest BCUT2D eigenvalue weighted by Gasteiger charge is -2.57. The van der Waals surface area contributed by atoms with Crippen LogP contribution >= 0.6 is 22.6 Å². The van der Waals surface area contributed by atoms with Crippen molar-refractivity contribution in [3.8, 4) is 0 Å². The van der Waals surface area contributed by atoms with Gasteiger partial charge in [-0.3, -0.25) is 9.59 Å². The maximum absolute atomic E-state index is 14.5. The molecule has 0 N–H and O–H groups in total. The fraction of sp³-hybridized carbons (Fsp3) is 0.724. The van der Waals surface area contributed by atoms with Crippen LogP contribution in [0.3, 0.4) is 0 Å². The molecule has 4 nitrogen and oxygen atoms in total. The number of hydrogen-bond donors (Lipinski definition) is 0. The van der Waals surface area contributed by atoms with Crippen LogP contribution in [0.5, 0.6) is 0 Å². The van der Waals surface area contributed by atoms with Crippen molar-refractivity contribution >= 4 is 42.5 Å². The van der Waals surface area contributed by atoms with Crippen LogP contribution in [-0.4, -0.2) is 35.0 Å². The van der Waals surface area contributed by atoms with Crippen molar-refractivity contribution in [3.63, 3.8) is 0 Å². The van der Waals surface area contributed by atoms with Crippen LogP contribution < -0.4 is 0 Å². The zero-order valence-corrected chi connectivity index (χ0v) is 26.8. The molecule has 2 bridgehead atoms. The molecule has 0 radical (unpaired) electrons. The summed E-state index contributed by atoms with van der Waals surface area (Å²) in [4.78, 5) is 28.7. The summed E-state index contributed by atoms with van der Waals surface area (Å²) in [6.45, 7) is 23.3. The van der Waals surface area contributed by atoms with E-state index in [4.69, 9.17) is 9.16 Å². The van der Waals surface area contributed by atoms with E-state index >= 15 is 0 Å². The Labute approximate surface area is 227 Å². The summed E-state index contributed by atoms with van der Waals surface area (Å²) in [5, 5.41) is 0. The van der Waals surface area contributed by atoms with Crippen molar-refractivity contribution in [1.82, 2.24) is 0 Å². The fourth-order valence-corrected chi connectivity index (χ4v) is 9.30. The Morgan fingerprint density at radius 1 is 1.09 bits per heavy atom. The van der Waals surface area contributed by atoms with Gasteiger partial charge in [0.05, 0.1) is 11.0 Å². The normalized spacial score (nSPS) is 32.2. The largest absolute Gasteiger partial charge is 0.490 e. The molecule has 2 fully saturated rings. The number of Topliss-reactive ketones (excluding diaryl/α,β-unsaturated/α-hetero) is 2. The highest BCUT2D eigenvalue weighted by molar-refractivity contribution is 14.1. The second-order valence-corrected chi connectivity index (χ2v) is 19.5. The lowest BCUT2D eigenvalue weighted by Crippen LogP contribution is -2.67. The highest BCUT2D eigenvalue weighted by Crippen LogP contribution is 2.67. The Hall–Kier alpha value is -0.733. The zero-order valence-electron chi connectivity index (χ0n) is 23.6. The van der Waals surface area contributed by atoms with Gasteiger partial charge in [-0.15, -0.1) is 0 Å². The third-order valence-corrected chi connectivity index (χ3v) is 11.7. The van der Waals surface area contributed by atoms with Gasteiger partial charge >= 0.3 is 0 Å². The van der Waals surface area contributed by atoms with Crippen LogP contribution in [0, 0.1) is 16.7 Å². The van der Waals surface area contributed by atoms with E-state index in [2.05, 4.69) is 95.9 Å². The number of ketones is 2. The first-order chi connectivity index (χ1) is 15.8. The van der Waals surface area contributed by atoms with Gasteiger partial charge in [0, 0.05) is 12.0 Å². The molecule has 0 aromatic heterocycles.